The molecule has 31 heavy (non-hydrogen) atoms. The Bertz CT molecular complexity index is 1300. The molecule has 6 nitrogen and oxygen atoms in total. The minimum Gasteiger partial charge on any atom is -0.341 e. The molecule has 0 amide bonds. The molecule has 0 atom stereocenters. The normalized spacial score (nSPS) is 15.2. The van der Waals surface area contributed by atoms with Gasteiger partial charge in [-0.15, -0.1) is 10.2 Å². The summed E-state index contributed by atoms with van der Waals surface area (Å²) >= 11 is 6.25. The Morgan fingerprint density at radius 3 is 2.52 bits per heavy atom. The van der Waals surface area contributed by atoms with Crippen LogP contribution in [0.25, 0.3) is 22.8 Å². The van der Waals surface area contributed by atoms with Crippen molar-refractivity contribution in [2.45, 2.75) is 32.2 Å². The van der Waals surface area contributed by atoms with Gasteiger partial charge in [0.1, 0.15) is 0 Å². The maximum atomic E-state index is 13.4. The highest BCUT2D eigenvalue weighted by Crippen LogP contribution is 2.24. The number of aromatic nitrogens is 4. The molecule has 0 aliphatic carbocycles. The molecule has 0 saturated carbocycles. The number of fused-ring (bicyclic) bond motifs is 3. The molecule has 0 bridgehead atoms. The van der Waals surface area contributed by atoms with E-state index in [1.165, 1.54) is 12.8 Å². The van der Waals surface area contributed by atoms with Gasteiger partial charge in [0.05, 0.1) is 10.9 Å². The number of halogens is 1. The smallest absolute Gasteiger partial charge is 0.263 e. The predicted octanol–water partition coefficient (Wildman–Crippen LogP) is 4.79. The molecule has 0 N–H and O–H groups in total. The highest BCUT2D eigenvalue weighted by atomic mass is 35.5. The van der Waals surface area contributed by atoms with E-state index in [2.05, 4.69) is 15.1 Å². The summed E-state index contributed by atoms with van der Waals surface area (Å²) in [7, 11) is 0. The van der Waals surface area contributed by atoms with Crippen molar-refractivity contribution in [2.24, 2.45) is 0 Å². The summed E-state index contributed by atoms with van der Waals surface area (Å²) in [6, 6.07) is 15.5. The molecule has 0 spiro atoms. The molecule has 1 aliphatic heterocycles. The zero-order chi connectivity index (χ0) is 21.2. The minimum absolute atomic E-state index is 0.113. The minimum atomic E-state index is -0.113. The molecule has 1 saturated heterocycles. The number of anilines is 1. The lowest BCUT2D eigenvalue weighted by Gasteiger charge is -2.20. The van der Waals surface area contributed by atoms with Crippen LogP contribution in [0.2, 0.25) is 5.02 Å². The Labute approximate surface area is 185 Å². The van der Waals surface area contributed by atoms with Gasteiger partial charge in [-0.25, -0.2) is 4.40 Å². The van der Waals surface area contributed by atoms with Crippen molar-refractivity contribution < 1.29 is 0 Å². The van der Waals surface area contributed by atoms with Crippen molar-refractivity contribution in [3.8, 4) is 0 Å². The summed E-state index contributed by atoms with van der Waals surface area (Å²) in [5.74, 6) is 1.35. The highest BCUT2D eigenvalue weighted by Gasteiger charge is 2.21. The van der Waals surface area contributed by atoms with Gasteiger partial charge < -0.3 is 4.90 Å². The fourth-order valence-electron chi connectivity index (χ4n) is 4.27. The Kier molecular flexibility index (Phi) is 5.47. The fourth-order valence-corrected chi connectivity index (χ4v) is 4.44. The fraction of sp³-hybridized carbons (Fsp3) is 0.292. The monoisotopic (exact) mass is 433 g/mol. The molecule has 7 heteroatoms. The average Bonchev–Trinajstić information content (AvgIpc) is 3.04. The van der Waals surface area contributed by atoms with Crippen LogP contribution >= 0.6 is 11.6 Å². The number of hydrogen-bond donors (Lipinski definition) is 0. The number of benzene rings is 2. The van der Waals surface area contributed by atoms with Crippen LogP contribution in [0.15, 0.2) is 59.4 Å². The first-order chi connectivity index (χ1) is 15.2. The Balaban J connectivity index is 1.66. The summed E-state index contributed by atoms with van der Waals surface area (Å²) in [6.07, 6.45) is 8.73. The van der Waals surface area contributed by atoms with E-state index in [-0.39, 0.29) is 5.56 Å². The van der Waals surface area contributed by atoms with Gasteiger partial charge in [0.25, 0.3) is 5.56 Å². The van der Waals surface area contributed by atoms with Gasteiger partial charge in [-0.05, 0) is 36.6 Å². The lowest BCUT2D eigenvalue weighted by molar-refractivity contribution is 0.726. The molecule has 1 aliphatic rings. The number of hydrogen-bond acceptors (Lipinski definition) is 4. The van der Waals surface area contributed by atoms with Crippen molar-refractivity contribution in [1.29, 1.82) is 0 Å². The Morgan fingerprint density at radius 1 is 0.968 bits per heavy atom. The van der Waals surface area contributed by atoms with Gasteiger partial charge in [-0.1, -0.05) is 66.9 Å². The molecule has 1 fully saturated rings. The van der Waals surface area contributed by atoms with Crippen LogP contribution in [0, 0.1) is 0 Å². The van der Waals surface area contributed by atoms with Gasteiger partial charge in [0, 0.05) is 24.7 Å². The first-order valence-electron chi connectivity index (χ1n) is 10.8. The Hall–Kier alpha value is -3.12. The second-order valence-electron chi connectivity index (χ2n) is 7.93. The molecule has 3 heterocycles. The first kappa shape index (κ1) is 19.8. The topological polar surface area (TPSA) is 55.4 Å². The van der Waals surface area contributed by atoms with E-state index in [4.69, 9.17) is 11.6 Å². The molecule has 2 aromatic carbocycles. The first-order valence-corrected chi connectivity index (χ1v) is 11.1. The lowest BCUT2D eigenvalue weighted by Crippen LogP contribution is -2.28. The van der Waals surface area contributed by atoms with Crippen molar-refractivity contribution in [3.63, 3.8) is 0 Å². The SMILES string of the molecule is O=c1c2cc(Cl)ccc2n2c(N3CCCCCC3)nnc2n1CC=Cc1ccccc1. The maximum Gasteiger partial charge on any atom is 0.263 e. The maximum absolute atomic E-state index is 13.4. The van der Waals surface area contributed by atoms with E-state index < -0.39 is 0 Å². The molecule has 2 aromatic heterocycles. The molecule has 4 aromatic rings. The Morgan fingerprint density at radius 2 is 1.74 bits per heavy atom. The molecular formula is C24H24ClN5O. The van der Waals surface area contributed by atoms with Crippen molar-refractivity contribution in [2.75, 3.05) is 18.0 Å². The summed E-state index contributed by atoms with van der Waals surface area (Å²) in [4.78, 5) is 15.6. The van der Waals surface area contributed by atoms with E-state index in [1.807, 2.05) is 59.0 Å². The van der Waals surface area contributed by atoms with Gasteiger partial charge in [-0.3, -0.25) is 9.36 Å². The standard InChI is InChI=1S/C24H24ClN5O/c25-19-12-13-21-20(17-19)22(31)29(16-8-11-18-9-4-3-5-10-18)24-27-26-23(30(21)24)28-14-6-1-2-7-15-28/h3-5,8-13,17H,1-2,6-7,14-16H2. The predicted molar refractivity (Wildman–Crippen MR) is 126 cm³/mol. The summed E-state index contributed by atoms with van der Waals surface area (Å²) < 4.78 is 3.68. The molecule has 0 radical (unpaired) electrons. The lowest BCUT2D eigenvalue weighted by atomic mass is 10.2. The molecule has 158 valence electrons. The summed E-state index contributed by atoms with van der Waals surface area (Å²) in [5.41, 5.74) is 1.76. The third-order valence-corrected chi connectivity index (χ3v) is 6.07. The average molecular weight is 434 g/mol. The summed E-state index contributed by atoms with van der Waals surface area (Å²) in [5, 5.41) is 10.1. The van der Waals surface area contributed by atoms with Crippen molar-refractivity contribution >= 4 is 40.3 Å². The van der Waals surface area contributed by atoms with Crippen LogP contribution in [0.4, 0.5) is 5.95 Å². The van der Waals surface area contributed by atoms with E-state index in [0.717, 1.165) is 43.0 Å². The van der Waals surface area contributed by atoms with E-state index >= 15 is 0 Å². The number of allylic oxidation sites excluding steroid dienone is 1. The third-order valence-electron chi connectivity index (χ3n) is 5.83. The number of rotatable bonds is 4. The van der Waals surface area contributed by atoms with Crippen molar-refractivity contribution in [3.05, 3.63) is 75.5 Å². The molecular weight excluding hydrogens is 410 g/mol. The van der Waals surface area contributed by atoms with Gasteiger partial charge >= 0.3 is 0 Å². The van der Waals surface area contributed by atoms with E-state index in [1.54, 1.807) is 10.6 Å². The zero-order valence-electron chi connectivity index (χ0n) is 17.2. The quantitative estimate of drug-likeness (QED) is 0.464. The van der Waals surface area contributed by atoms with Crippen LogP contribution in [0.5, 0.6) is 0 Å². The van der Waals surface area contributed by atoms with Gasteiger partial charge in [0.2, 0.25) is 11.7 Å². The van der Waals surface area contributed by atoms with Crippen LogP contribution < -0.4 is 10.5 Å². The van der Waals surface area contributed by atoms with Crippen molar-refractivity contribution in [1.82, 2.24) is 19.2 Å². The molecule has 0 unspecified atom stereocenters. The molecule has 5 rings (SSSR count). The van der Waals surface area contributed by atoms with Crippen LogP contribution in [0.3, 0.4) is 0 Å². The van der Waals surface area contributed by atoms with Gasteiger partial charge in [0.15, 0.2) is 0 Å². The second kappa shape index (κ2) is 8.55. The number of nitrogens with zero attached hydrogens (tertiary/aromatic N) is 5. The highest BCUT2D eigenvalue weighted by molar-refractivity contribution is 6.31. The second-order valence-corrected chi connectivity index (χ2v) is 8.36. The van der Waals surface area contributed by atoms with Crippen LogP contribution in [0.1, 0.15) is 31.2 Å². The summed E-state index contributed by atoms with van der Waals surface area (Å²) in [6.45, 7) is 2.30. The van der Waals surface area contributed by atoms with E-state index in [9.17, 15) is 4.79 Å². The van der Waals surface area contributed by atoms with E-state index in [0.29, 0.717) is 22.7 Å². The van der Waals surface area contributed by atoms with Crippen LogP contribution in [-0.2, 0) is 6.54 Å². The zero-order valence-corrected chi connectivity index (χ0v) is 18.0. The largest absolute Gasteiger partial charge is 0.341 e. The van der Waals surface area contributed by atoms with Crippen LogP contribution in [-0.4, -0.2) is 32.3 Å². The third kappa shape index (κ3) is 3.83. The van der Waals surface area contributed by atoms with Gasteiger partial charge in [-0.2, -0.15) is 0 Å².